The number of aryl methyl sites for hydroxylation is 1. The van der Waals surface area contributed by atoms with Crippen LogP contribution in [0.1, 0.15) is 27.9 Å². The summed E-state index contributed by atoms with van der Waals surface area (Å²) < 4.78 is 19.4. The number of nitrogens with zero attached hydrogens (tertiary/aromatic N) is 2. The molecule has 0 aromatic heterocycles. The minimum absolute atomic E-state index is 0.0186. The Labute approximate surface area is 199 Å². The highest BCUT2D eigenvalue weighted by molar-refractivity contribution is 6.40. The van der Waals surface area contributed by atoms with Crippen molar-refractivity contribution >= 4 is 52.1 Å². The summed E-state index contributed by atoms with van der Waals surface area (Å²) in [7, 11) is 1.42. The Morgan fingerprint density at radius 2 is 1.85 bits per heavy atom. The number of hydrazone groups is 1. The number of carbonyl (C=O) groups excluding carboxylic acids is 2. The molecule has 0 bridgehead atoms. The molecule has 0 saturated heterocycles. The summed E-state index contributed by atoms with van der Waals surface area (Å²) in [5.74, 6) is -1.11. The van der Waals surface area contributed by atoms with E-state index < -0.39 is 11.7 Å². The van der Waals surface area contributed by atoms with Crippen molar-refractivity contribution < 1.29 is 18.7 Å². The molecule has 6 nitrogen and oxygen atoms in total. The smallest absolute Gasteiger partial charge is 0.259 e. The quantitative estimate of drug-likeness (QED) is 0.493. The third-order valence-corrected chi connectivity index (χ3v) is 5.68. The number of methoxy groups -OCH3 is 1. The molecule has 0 spiro atoms. The minimum Gasteiger partial charge on any atom is -0.496 e. The van der Waals surface area contributed by atoms with E-state index in [2.05, 4.69) is 10.4 Å². The predicted octanol–water partition coefficient (Wildman–Crippen LogP) is 5.84. The number of halogens is 3. The lowest BCUT2D eigenvalue weighted by atomic mass is 10.0. The molecule has 0 saturated carbocycles. The predicted molar refractivity (Wildman–Crippen MR) is 127 cm³/mol. The molecule has 0 fully saturated rings. The second-order valence-corrected chi connectivity index (χ2v) is 8.17. The maximum atomic E-state index is 14.0. The van der Waals surface area contributed by atoms with E-state index in [9.17, 15) is 14.0 Å². The lowest BCUT2D eigenvalue weighted by molar-refractivity contribution is -0.116. The van der Waals surface area contributed by atoms with Gasteiger partial charge in [0.25, 0.3) is 11.8 Å². The molecule has 1 heterocycles. The number of anilines is 2. The van der Waals surface area contributed by atoms with Crippen LogP contribution in [-0.4, -0.2) is 24.6 Å². The van der Waals surface area contributed by atoms with Gasteiger partial charge < -0.3 is 10.1 Å². The van der Waals surface area contributed by atoms with Gasteiger partial charge in [0.1, 0.15) is 17.3 Å². The number of ether oxygens (including phenoxy) is 1. The molecule has 0 radical (unpaired) electrons. The highest BCUT2D eigenvalue weighted by atomic mass is 35.5. The molecule has 9 heteroatoms. The summed E-state index contributed by atoms with van der Waals surface area (Å²) in [6.45, 7) is 1.80. The van der Waals surface area contributed by atoms with Gasteiger partial charge in [-0.1, -0.05) is 41.4 Å². The molecule has 0 unspecified atom stereocenters. The van der Waals surface area contributed by atoms with Gasteiger partial charge in [0, 0.05) is 5.56 Å². The van der Waals surface area contributed by atoms with E-state index in [1.165, 1.54) is 24.3 Å². The summed E-state index contributed by atoms with van der Waals surface area (Å²) in [5.41, 5.74) is 2.45. The standard InChI is InChI=1S/C24H18Cl2FN3O3/c1-13-6-9-18(27)20(10-13)28-24(32)15-8-7-14(11-21(15)33-2)19-12-22(31)30(29-19)23-16(25)4-3-5-17(23)26/h3-11H,12H2,1-2H3,(H,28,32). The van der Waals surface area contributed by atoms with Crippen LogP contribution in [0.4, 0.5) is 15.8 Å². The van der Waals surface area contributed by atoms with E-state index in [0.717, 1.165) is 5.56 Å². The van der Waals surface area contributed by atoms with Gasteiger partial charge >= 0.3 is 0 Å². The molecule has 0 atom stereocenters. The number of benzene rings is 3. The van der Waals surface area contributed by atoms with Crippen molar-refractivity contribution in [1.29, 1.82) is 0 Å². The number of nitrogens with one attached hydrogen (secondary N) is 1. The van der Waals surface area contributed by atoms with E-state index in [1.807, 2.05) is 0 Å². The zero-order chi connectivity index (χ0) is 23.7. The van der Waals surface area contributed by atoms with Gasteiger partial charge in [0.05, 0.1) is 40.5 Å². The van der Waals surface area contributed by atoms with E-state index in [1.54, 1.807) is 49.4 Å². The van der Waals surface area contributed by atoms with Gasteiger partial charge in [-0.05, 0) is 48.9 Å². The number of carbonyl (C=O) groups is 2. The SMILES string of the molecule is COc1cc(C2=NN(c3c(Cl)cccc3Cl)C(=O)C2)ccc1C(=O)Nc1cc(C)ccc1F. The van der Waals surface area contributed by atoms with Crippen LogP contribution in [0.5, 0.6) is 5.75 Å². The first-order valence-electron chi connectivity index (χ1n) is 9.89. The molecular formula is C24H18Cl2FN3O3. The molecule has 3 aromatic rings. The molecule has 33 heavy (non-hydrogen) atoms. The molecule has 1 aliphatic rings. The Balaban J connectivity index is 1.64. The van der Waals surface area contributed by atoms with Crippen LogP contribution < -0.4 is 15.1 Å². The molecule has 2 amide bonds. The first-order chi connectivity index (χ1) is 15.8. The molecule has 168 valence electrons. The first kappa shape index (κ1) is 22.8. The largest absolute Gasteiger partial charge is 0.496 e. The summed E-state index contributed by atoms with van der Waals surface area (Å²) in [5, 5.41) is 8.73. The molecular weight excluding hydrogens is 468 g/mol. The maximum Gasteiger partial charge on any atom is 0.259 e. The second-order valence-electron chi connectivity index (χ2n) is 7.35. The number of hydrogen-bond donors (Lipinski definition) is 1. The number of amides is 2. The summed E-state index contributed by atoms with van der Waals surface area (Å²) in [4.78, 5) is 25.4. The Bertz CT molecular complexity index is 1290. The highest BCUT2D eigenvalue weighted by Gasteiger charge is 2.29. The summed E-state index contributed by atoms with van der Waals surface area (Å²) in [6.07, 6.45) is 0.0186. The van der Waals surface area contributed by atoms with E-state index in [-0.39, 0.29) is 29.3 Å². The van der Waals surface area contributed by atoms with Crippen molar-refractivity contribution in [3.63, 3.8) is 0 Å². The molecule has 1 N–H and O–H groups in total. The minimum atomic E-state index is -0.540. The molecule has 1 aliphatic heterocycles. The zero-order valence-corrected chi connectivity index (χ0v) is 19.2. The fourth-order valence-electron chi connectivity index (χ4n) is 3.44. The van der Waals surface area contributed by atoms with E-state index in [0.29, 0.717) is 27.0 Å². The van der Waals surface area contributed by atoms with Crippen molar-refractivity contribution in [2.75, 3.05) is 17.4 Å². The number of para-hydroxylation sites is 1. The van der Waals surface area contributed by atoms with Crippen molar-refractivity contribution in [3.8, 4) is 5.75 Å². The van der Waals surface area contributed by atoms with Gasteiger partial charge in [0.2, 0.25) is 0 Å². The first-order valence-corrected chi connectivity index (χ1v) is 10.6. The molecule has 4 rings (SSSR count). The van der Waals surface area contributed by atoms with E-state index in [4.69, 9.17) is 27.9 Å². The number of hydrogen-bond acceptors (Lipinski definition) is 4. The average Bonchev–Trinajstić information content (AvgIpc) is 3.17. The van der Waals surface area contributed by atoms with Crippen molar-refractivity contribution in [2.24, 2.45) is 5.10 Å². The Kier molecular flexibility index (Phi) is 6.35. The van der Waals surface area contributed by atoms with Gasteiger partial charge in [-0.15, -0.1) is 0 Å². The summed E-state index contributed by atoms with van der Waals surface area (Å²) in [6, 6.07) is 14.2. The van der Waals surface area contributed by atoms with Crippen molar-refractivity contribution in [3.05, 3.63) is 87.2 Å². The van der Waals surface area contributed by atoms with Gasteiger partial charge in [-0.3, -0.25) is 9.59 Å². The Morgan fingerprint density at radius 3 is 2.55 bits per heavy atom. The fraction of sp³-hybridized carbons (Fsp3) is 0.125. The van der Waals surface area contributed by atoms with Crippen LogP contribution in [0.25, 0.3) is 0 Å². The van der Waals surface area contributed by atoms with Gasteiger partial charge in [-0.2, -0.15) is 10.1 Å². The van der Waals surface area contributed by atoms with Crippen LogP contribution in [0.15, 0.2) is 59.7 Å². The van der Waals surface area contributed by atoms with Crippen LogP contribution in [0.3, 0.4) is 0 Å². The van der Waals surface area contributed by atoms with Gasteiger partial charge in [-0.25, -0.2) is 4.39 Å². The zero-order valence-electron chi connectivity index (χ0n) is 17.7. The number of rotatable bonds is 5. The third kappa shape index (κ3) is 4.55. The maximum absolute atomic E-state index is 14.0. The normalized spacial score (nSPS) is 13.2. The van der Waals surface area contributed by atoms with Crippen LogP contribution in [-0.2, 0) is 4.79 Å². The Hall–Kier alpha value is -3.42. The van der Waals surface area contributed by atoms with Crippen LogP contribution in [0.2, 0.25) is 10.0 Å². The third-order valence-electron chi connectivity index (χ3n) is 5.07. The topological polar surface area (TPSA) is 71.0 Å². The van der Waals surface area contributed by atoms with E-state index >= 15 is 0 Å². The monoisotopic (exact) mass is 485 g/mol. The van der Waals surface area contributed by atoms with Crippen LogP contribution >= 0.6 is 23.2 Å². The highest BCUT2D eigenvalue weighted by Crippen LogP contribution is 2.36. The van der Waals surface area contributed by atoms with Gasteiger partial charge in [0.15, 0.2) is 0 Å². The lowest BCUT2D eigenvalue weighted by Gasteiger charge is -2.14. The Morgan fingerprint density at radius 1 is 1.12 bits per heavy atom. The average molecular weight is 486 g/mol. The van der Waals surface area contributed by atoms with Crippen molar-refractivity contribution in [1.82, 2.24) is 0 Å². The summed E-state index contributed by atoms with van der Waals surface area (Å²) >= 11 is 12.4. The van der Waals surface area contributed by atoms with Crippen LogP contribution in [0, 0.1) is 12.7 Å². The molecule has 3 aromatic carbocycles. The lowest BCUT2D eigenvalue weighted by Crippen LogP contribution is -2.20. The molecule has 0 aliphatic carbocycles. The second kappa shape index (κ2) is 9.21. The van der Waals surface area contributed by atoms with Crippen molar-refractivity contribution in [2.45, 2.75) is 13.3 Å². The fourth-order valence-corrected chi connectivity index (χ4v) is 4.00.